The van der Waals surface area contributed by atoms with Crippen LogP contribution in [0.5, 0.6) is 0 Å². The van der Waals surface area contributed by atoms with Gasteiger partial charge in [-0.3, -0.25) is 0 Å². The molecule has 13 heavy (non-hydrogen) atoms. The van der Waals surface area contributed by atoms with E-state index in [1.54, 1.807) is 0 Å². The minimum absolute atomic E-state index is 0.619. The van der Waals surface area contributed by atoms with Gasteiger partial charge in [-0.15, -0.1) is 0 Å². The second-order valence-corrected chi connectivity index (χ2v) is 4.12. The highest BCUT2D eigenvalue weighted by atomic mass is 35.5. The summed E-state index contributed by atoms with van der Waals surface area (Å²) in [6, 6.07) is 6.35. The van der Waals surface area contributed by atoms with Crippen LogP contribution >= 0.6 is 11.6 Å². The highest BCUT2D eigenvalue weighted by molar-refractivity contribution is 6.31. The van der Waals surface area contributed by atoms with Crippen LogP contribution in [0.25, 0.3) is 0 Å². The average molecular weight is 196 g/mol. The fourth-order valence-electron chi connectivity index (χ4n) is 1.88. The van der Waals surface area contributed by atoms with Crippen molar-refractivity contribution in [3.63, 3.8) is 0 Å². The van der Waals surface area contributed by atoms with Crippen molar-refractivity contribution in [1.82, 2.24) is 5.32 Å². The molecule has 0 aromatic heterocycles. The van der Waals surface area contributed by atoms with Gasteiger partial charge in [-0.05, 0) is 43.0 Å². The molecular formula is C11H14ClN. The molecule has 1 aromatic rings. The van der Waals surface area contributed by atoms with E-state index in [0.29, 0.717) is 5.92 Å². The molecular weight excluding hydrogens is 182 g/mol. The maximum Gasteiger partial charge on any atom is 0.0443 e. The molecule has 0 bridgehead atoms. The quantitative estimate of drug-likeness (QED) is 0.727. The topological polar surface area (TPSA) is 12.0 Å². The lowest BCUT2D eigenvalue weighted by Gasteiger charge is -2.11. The molecule has 1 atom stereocenters. The zero-order valence-electron chi connectivity index (χ0n) is 7.81. The third-order valence-electron chi connectivity index (χ3n) is 2.66. The second kappa shape index (κ2) is 3.69. The van der Waals surface area contributed by atoms with Crippen LogP contribution < -0.4 is 5.32 Å². The lowest BCUT2D eigenvalue weighted by molar-refractivity contribution is 0.763. The molecule has 70 valence electrons. The first-order valence-corrected chi connectivity index (χ1v) is 5.12. The molecule has 1 aromatic carbocycles. The van der Waals surface area contributed by atoms with Crippen molar-refractivity contribution >= 4 is 11.6 Å². The van der Waals surface area contributed by atoms with Crippen LogP contribution in [-0.4, -0.2) is 13.1 Å². The molecule has 1 nitrogen and oxygen atoms in total. The van der Waals surface area contributed by atoms with Crippen LogP contribution in [0.3, 0.4) is 0 Å². The summed E-state index contributed by atoms with van der Waals surface area (Å²) in [6.07, 6.45) is 1.21. The molecule has 0 radical (unpaired) electrons. The Kier molecular flexibility index (Phi) is 2.56. The van der Waals surface area contributed by atoms with Crippen molar-refractivity contribution in [2.45, 2.75) is 19.3 Å². The molecule has 0 aliphatic carbocycles. The van der Waals surface area contributed by atoms with E-state index in [0.717, 1.165) is 18.1 Å². The molecule has 1 heterocycles. The average Bonchev–Trinajstić information content (AvgIpc) is 2.56. The minimum atomic E-state index is 0.619. The Morgan fingerprint density at radius 2 is 2.31 bits per heavy atom. The maximum atomic E-state index is 6.18. The molecule has 2 heteroatoms. The van der Waals surface area contributed by atoms with Gasteiger partial charge < -0.3 is 5.32 Å². The summed E-state index contributed by atoms with van der Waals surface area (Å²) >= 11 is 6.18. The zero-order valence-corrected chi connectivity index (χ0v) is 8.56. The molecule has 0 amide bonds. The van der Waals surface area contributed by atoms with Gasteiger partial charge in [0, 0.05) is 11.6 Å². The van der Waals surface area contributed by atoms with Crippen molar-refractivity contribution in [3.8, 4) is 0 Å². The van der Waals surface area contributed by atoms with E-state index in [4.69, 9.17) is 11.6 Å². The number of aryl methyl sites for hydroxylation is 1. The van der Waals surface area contributed by atoms with Crippen molar-refractivity contribution in [3.05, 3.63) is 34.3 Å². The van der Waals surface area contributed by atoms with Crippen LogP contribution in [0.4, 0.5) is 0 Å². The van der Waals surface area contributed by atoms with Gasteiger partial charge in [0.15, 0.2) is 0 Å². The predicted molar refractivity (Wildman–Crippen MR) is 56.4 cm³/mol. The van der Waals surface area contributed by atoms with Gasteiger partial charge in [0.25, 0.3) is 0 Å². The molecule has 2 rings (SSSR count). The molecule has 1 saturated heterocycles. The molecule has 0 spiro atoms. The standard InChI is InChI=1S/C11H14ClN/c1-8-2-3-10(11(12)6-8)9-4-5-13-7-9/h2-3,6,9,13H,4-5,7H2,1H3/t9-/m0/s1. The Balaban J connectivity index is 2.29. The highest BCUT2D eigenvalue weighted by Gasteiger charge is 2.18. The smallest absolute Gasteiger partial charge is 0.0443 e. The molecule has 1 N–H and O–H groups in total. The Bertz CT molecular complexity index is 303. The lowest BCUT2D eigenvalue weighted by Crippen LogP contribution is -2.08. The van der Waals surface area contributed by atoms with Gasteiger partial charge in [0.05, 0.1) is 0 Å². The molecule has 1 aliphatic heterocycles. The van der Waals surface area contributed by atoms with Gasteiger partial charge >= 0.3 is 0 Å². The number of hydrogen-bond donors (Lipinski definition) is 1. The summed E-state index contributed by atoms with van der Waals surface area (Å²) in [6.45, 7) is 4.26. The zero-order chi connectivity index (χ0) is 9.26. The highest BCUT2D eigenvalue weighted by Crippen LogP contribution is 2.29. The van der Waals surface area contributed by atoms with Gasteiger partial charge in [-0.2, -0.15) is 0 Å². The monoisotopic (exact) mass is 195 g/mol. The largest absolute Gasteiger partial charge is 0.316 e. The first-order valence-electron chi connectivity index (χ1n) is 4.74. The first kappa shape index (κ1) is 9.04. The fourth-order valence-corrected chi connectivity index (χ4v) is 2.27. The molecule has 0 unspecified atom stereocenters. The van der Waals surface area contributed by atoms with E-state index >= 15 is 0 Å². The number of halogens is 1. The summed E-state index contributed by atoms with van der Waals surface area (Å²) in [5, 5.41) is 4.28. The van der Waals surface area contributed by atoms with E-state index in [1.807, 2.05) is 0 Å². The van der Waals surface area contributed by atoms with Crippen molar-refractivity contribution in [2.75, 3.05) is 13.1 Å². The summed E-state index contributed by atoms with van der Waals surface area (Å²) in [5.74, 6) is 0.619. The van der Waals surface area contributed by atoms with Crippen molar-refractivity contribution in [1.29, 1.82) is 0 Å². The minimum Gasteiger partial charge on any atom is -0.316 e. The fraction of sp³-hybridized carbons (Fsp3) is 0.455. The van der Waals surface area contributed by atoms with E-state index in [1.165, 1.54) is 17.5 Å². The first-order chi connectivity index (χ1) is 6.27. The van der Waals surface area contributed by atoms with Gasteiger partial charge in [-0.1, -0.05) is 23.7 Å². The maximum absolute atomic E-state index is 6.18. The summed E-state index contributed by atoms with van der Waals surface area (Å²) in [7, 11) is 0. The SMILES string of the molecule is Cc1ccc([C@H]2CCNC2)c(Cl)c1. The number of benzene rings is 1. The third kappa shape index (κ3) is 1.87. The molecule has 0 saturated carbocycles. The summed E-state index contributed by atoms with van der Waals surface area (Å²) < 4.78 is 0. The Morgan fingerprint density at radius 3 is 2.92 bits per heavy atom. The molecule has 1 fully saturated rings. The van der Waals surface area contributed by atoms with Crippen LogP contribution in [0.15, 0.2) is 18.2 Å². The van der Waals surface area contributed by atoms with E-state index in [2.05, 4.69) is 30.4 Å². The number of nitrogens with one attached hydrogen (secondary N) is 1. The van der Waals surface area contributed by atoms with Crippen LogP contribution in [0.1, 0.15) is 23.5 Å². The molecule has 1 aliphatic rings. The Hall–Kier alpha value is -0.530. The van der Waals surface area contributed by atoms with E-state index in [9.17, 15) is 0 Å². The predicted octanol–water partition coefficient (Wildman–Crippen LogP) is 2.73. The summed E-state index contributed by atoms with van der Waals surface area (Å²) in [4.78, 5) is 0. The van der Waals surface area contributed by atoms with Crippen molar-refractivity contribution < 1.29 is 0 Å². The number of rotatable bonds is 1. The van der Waals surface area contributed by atoms with Crippen LogP contribution in [0.2, 0.25) is 5.02 Å². The normalized spacial score (nSPS) is 22.2. The van der Waals surface area contributed by atoms with Gasteiger partial charge in [-0.25, -0.2) is 0 Å². The van der Waals surface area contributed by atoms with Crippen LogP contribution in [0, 0.1) is 6.92 Å². The van der Waals surface area contributed by atoms with Gasteiger partial charge in [0.1, 0.15) is 0 Å². The van der Waals surface area contributed by atoms with E-state index in [-0.39, 0.29) is 0 Å². The second-order valence-electron chi connectivity index (χ2n) is 3.71. The number of hydrogen-bond acceptors (Lipinski definition) is 1. The summed E-state index contributed by atoms with van der Waals surface area (Å²) in [5.41, 5.74) is 2.54. The Morgan fingerprint density at radius 1 is 1.46 bits per heavy atom. The van der Waals surface area contributed by atoms with E-state index < -0.39 is 0 Å². The Labute approximate surface area is 84.1 Å². The third-order valence-corrected chi connectivity index (χ3v) is 2.98. The lowest BCUT2D eigenvalue weighted by atomic mass is 9.97. The van der Waals surface area contributed by atoms with Crippen LogP contribution in [-0.2, 0) is 0 Å². The van der Waals surface area contributed by atoms with Gasteiger partial charge in [0.2, 0.25) is 0 Å². The van der Waals surface area contributed by atoms with Crippen molar-refractivity contribution in [2.24, 2.45) is 0 Å².